The lowest BCUT2D eigenvalue weighted by Gasteiger charge is -2.28. The molecule has 0 saturated heterocycles. The highest BCUT2D eigenvalue weighted by molar-refractivity contribution is 5.95. The first kappa shape index (κ1) is 30.3. The van der Waals surface area contributed by atoms with Gasteiger partial charge in [0.15, 0.2) is 11.5 Å². The second kappa shape index (κ2) is 11.8. The van der Waals surface area contributed by atoms with Crippen LogP contribution in [0.1, 0.15) is 25.0 Å². The lowest BCUT2D eigenvalue weighted by molar-refractivity contribution is 0.439. The molecule has 8 aromatic carbocycles. The number of fused-ring (bicyclic) bond motifs is 4. The highest BCUT2D eigenvalue weighted by Crippen LogP contribution is 2.51. The van der Waals surface area contributed by atoms with Gasteiger partial charge in [0.2, 0.25) is 0 Å². The van der Waals surface area contributed by atoms with Crippen molar-refractivity contribution in [1.29, 1.82) is 0 Å². The van der Waals surface area contributed by atoms with E-state index in [0.717, 1.165) is 50.5 Å². The van der Waals surface area contributed by atoms with Gasteiger partial charge >= 0.3 is 0 Å². The average molecular weight is 670 g/mol. The molecule has 0 saturated carbocycles. The van der Waals surface area contributed by atoms with Gasteiger partial charge in [-0.1, -0.05) is 129 Å². The predicted molar refractivity (Wildman–Crippen MR) is 214 cm³/mol. The third-order valence-corrected chi connectivity index (χ3v) is 10.7. The van der Waals surface area contributed by atoms with E-state index < -0.39 is 0 Å². The fourth-order valence-corrected chi connectivity index (χ4v) is 8.07. The summed E-state index contributed by atoms with van der Waals surface area (Å²) in [7, 11) is 0. The van der Waals surface area contributed by atoms with Crippen LogP contribution in [0.2, 0.25) is 0 Å². The molecule has 0 spiro atoms. The van der Waals surface area contributed by atoms with E-state index in [1.165, 1.54) is 33.4 Å². The van der Waals surface area contributed by atoms with E-state index in [4.69, 9.17) is 9.47 Å². The molecular weight excluding hydrogens is 635 g/mol. The Kier molecular flexibility index (Phi) is 6.84. The molecule has 2 aliphatic rings. The van der Waals surface area contributed by atoms with E-state index in [2.05, 4.69) is 164 Å². The van der Waals surface area contributed by atoms with Crippen molar-refractivity contribution in [3.8, 4) is 56.4 Å². The van der Waals surface area contributed by atoms with E-state index in [-0.39, 0.29) is 5.41 Å². The Hall–Kier alpha value is -6.58. The molecule has 0 bridgehead atoms. The van der Waals surface area contributed by atoms with Crippen LogP contribution in [0.25, 0.3) is 44.2 Å². The molecule has 10 rings (SSSR count). The zero-order valence-electron chi connectivity index (χ0n) is 29.0. The van der Waals surface area contributed by atoms with Crippen LogP contribution in [0, 0.1) is 0 Å². The van der Waals surface area contributed by atoms with Gasteiger partial charge < -0.3 is 14.4 Å². The van der Waals surface area contributed by atoms with Crippen LogP contribution in [-0.2, 0) is 5.41 Å². The minimum atomic E-state index is -0.111. The summed E-state index contributed by atoms with van der Waals surface area (Å²) in [4.78, 5) is 2.37. The number of hydrogen-bond acceptors (Lipinski definition) is 3. The van der Waals surface area contributed by atoms with Crippen LogP contribution in [-0.4, -0.2) is 0 Å². The second-order valence-corrected chi connectivity index (χ2v) is 14.2. The molecule has 0 aromatic heterocycles. The average Bonchev–Trinajstić information content (AvgIpc) is 3.29. The van der Waals surface area contributed by atoms with E-state index in [1.54, 1.807) is 0 Å². The largest absolute Gasteiger partial charge is 0.453 e. The summed E-state index contributed by atoms with van der Waals surface area (Å²) >= 11 is 0. The molecule has 0 radical (unpaired) electrons. The molecule has 0 fully saturated rings. The first-order valence-electron chi connectivity index (χ1n) is 17.8. The summed E-state index contributed by atoms with van der Waals surface area (Å²) in [6.07, 6.45) is 0. The van der Waals surface area contributed by atoms with Crippen molar-refractivity contribution >= 4 is 27.8 Å². The van der Waals surface area contributed by atoms with Gasteiger partial charge in [-0.15, -0.1) is 0 Å². The minimum absolute atomic E-state index is 0.111. The van der Waals surface area contributed by atoms with Gasteiger partial charge in [-0.2, -0.15) is 0 Å². The highest BCUT2D eigenvalue weighted by Gasteiger charge is 2.35. The van der Waals surface area contributed by atoms with Crippen molar-refractivity contribution < 1.29 is 9.47 Å². The molecule has 0 unspecified atom stereocenters. The SMILES string of the molecule is CC1(C)c2ccccc2-c2ccc(N(c3ccc(-c4ccccc4)cc3)c3cccc(-c4ccc5c(c4)Oc4cccc6cccc(c46)O5)c3)cc21. The topological polar surface area (TPSA) is 21.7 Å². The zero-order valence-corrected chi connectivity index (χ0v) is 29.0. The fourth-order valence-electron chi connectivity index (χ4n) is 8.07. The maximum absolute atomic E-state index is 6.55. The minimum Gasteiger partial charge on any atom is -0.453 e. The molecule has 0 N–H and O–H groups in total. The van der Waals surface area contributed by atoms with E-state index in [1.807, 2.05) is 30.3 Å². The molecule has 52 heavy (non-hydrogen) atoms. The van der Waals surface area contributed by atoms with Crippen LogP contribution in [0.3, 0.4) is 0 Å². The van der Waals surface area contributed by atoms with Gasteiger partial charge in [-0.3, -0.25) is 0 Å². The second-order valence-electron chi connectivity index (χ2n) is 14.2. The monoisotopic (exact) mass is 669 g/mol. The Balaban J connectivity index is 1.08. The van der Waals surface area contributed by atoms with Crippen molar-refractivity contribution in [1.82, 2.24) is 0 Å². The maximum atomic E-state index is 6.55. The van der Waals surface area contributed by atoms with Crippen LogP contribution in [0.4, 0.5) is 17.1 Å². The third kappa shape index (κ3) is 4.89. The number of benzene rings is 8. The van der Waals surface area contributed by atoms with Gasteiger partial charge in [0, 0.05) is 22.5 Å². The van der Waals surface area contributed by atoms with Gasteiger partial charge in [-0.05, 0) is 111 Å². The number of nitrogens with zero attached hydrogens (tertiary/aromatic N) is 1. The molecule has 3 nitrogen and oxygen atoms in total. The molecule has 1 aliphatic carbocycles. The summed E-state index contributed by atoms with van der Waals surface area (Å²) in [6, 6.07) is 62.4. The first-order valence-corrected chi connectivity index (χ1v) is 17.8. The predicted octanol–water partition coefficient (Wildman–Crippen LogP) is 13.8. The van der Waals surface area contributed by atoms with Crippen molar-refractivity contribution in [2.24, 2.45) is 0 Å². The van der Waals surface area contributed by atoms with E-state index >= 15 is 0 Å². The van der Waals surface area contributed by atoms with Crippen LogP contribution in [0.15, 0.2) is 176 Å². The van der Waals surface area contributed by atoms with Crippen LogP contribution >= 0.6 is 0 Å². The Labute approximate surface area is 304 Å². The molecule has 248 valence electrons. The van der Waals surface area contributed by atoms with Crippen LogP contribution in [0.5, 0.6) is 23.0 Å². The highest BCUT2D eigenvalue weighted by atomic mass is 16.5. The zero-order chi connectivity index (χ0) is 34.8. The number of anilines is 3. The molecule has 0 amide bonds. The lowest BCUT2D eigenvalue weighted by Crippen LogP contribution is -2.16. The molecule has 3 heteroatoms. The van der Waals surface area contributed by atoms with Crippen LogP contribution < -0.4 is 14.4 Å². The summed E-state index contributed by atoms with van der Waals surface area (Å²) in [5, 5.41) is 2.07. The summed E-state index contributed by atoms with van der Waals surface area (Å²) in [6.45, 7) is 4.67. The van der Waals surface area contributed by atoms with Crippen molar-refractivity contribution in [2.45, 2.75) is 19.3 Å². The standard InChI is InChI=1S/C49H35NO2/c1-49(2)42-18-7-6-17-40(42)41-27-26-39(31-43(41)49)50(37-24-21-33(22-25-37)32-11-4-3-5-12-32)38-16-8-15-35(29-38)36-23-28-44-47(30-36)52-46-20-10-14-34-13-9-19-45(51-44)48(34)46/h3-31H,1-2H3. The smallest absolute Gasteiger partial charge is 0.170 e. The Bertz CT molecular complexity index is 2650. The van der Waals surface area contributed by atoms with Crippen molar-refractivity contribution in [3.05, 3.63) is 187 Å². The maximum Gasteiger partial charge on any atom is 0.170 e. The third-order valence-electron chi connectivity index (χ3n) is 10.7. The quantitative estimate of drug-likeness (QED) is 0.182. The Morgan fingerprint density at radius 1 is 0.385 bits per heavy atom. The lowest BCUT2D eigenvalue weighted by atomic mass is 9.82. The number of rotatable bonds is 5. The normalized spacial score (nSPS) is 13.3. The van der Waals surface area contributed by atoms with Gasteiger partial charge in [0.25, 0.3) is 0 Å². The molecular formula is C49H35NO2. The van der Waals surface area contributed by atoms with Gasteiger partial charge in [0.05, 0.1) is 5.39 Å². The molecule has 1 aliphatic heterocycles. The molecule has 8 aromatic rings. The first-order chi connectivity index (χ1) is 25.5. The van der Waals surface area contributed by atoms with E-state index in [9.17, 15) is 0 Å². The van der Waals surface area contributed by atoms with Crippen molar-refractivity contribution in [3.63, 3.8) is 0 Å². The van der Waals surface area contributed by atoms with E-state index in [0.29, 0.717) is 11.5 Å². The van der Waals surface area contributed by atoms with Crippen molar-refractivity contribution in [2.75, 3.05) is 4.90 Å². The van der Waals surface area contributed by atoms with Gasteiger partial charge in [-0.25, -0.2) is 0 Å². The summed E-state index contributed by atoms with van der Waals surface area (Å²) in [5.74, 6) is 2.99. The number of ether oxygens (including phenoxy) is 2. The molecule has 1 heterocycles. The van der Waals surface area contributed by atoms with Gasteiger partial charge in [0.1, 0.15) is 11.5 Å². The fraction of sp³-hybridized carbons (Fsp3) is 0.0612. The Morgan fingerprint density at radius 3 is 1.79 bits per heavy atom. The Morgan fingerprint density at radius 2 is 0.981 bits per heavy atom. The molecule has 0 atom stereocenters. The summed E-state index contributed by atoms with van der Waals surface area (Å²) in [5.41, 5.74) is 13.0. The summed E-state index contributed by atoms with van der Waals surface area (Å²) < 4.78 is 13.0. The number of hydrogen-bond donors (Lipinski definition) is 0.